The number of allylic oxidation sites excluding steroid dienone is 2. The Morgan fingerprint density at radius 3 is 2.17 bits per heavy atom. The van der Waals surface area contributed by atoms with Crippen LogP contribution in [-0.4, -0.2) is 58.3 Å². The number of rotatable bonds is 20. The zero-order valence-corrected chi connectivity index (χ0v) is 34.1. The van der Waals surface area contributed by atoms with Crippen molar-refractivity contribution in [1.29, 1.82) is 0 Å². The lowest BCUT2D eigenvalue weighted by Gasteiger charge is -2.62. The molecule has 0 aromatic rings. The van der Waals surface area contributed by atoms with Gasteiger partial charge >= 0.3 is 0 Å². The van der Waals surface area contributed by atoms with Gasteiger partial charge < -0.3 is 20.4 Å². The molecule has 11 atom stereocenters. The first-order chi connectivity index (χ1) is 25.1. The second-order valence-electron chi connectivity index (χ2n) is 19.2. The van der Waals surface area contributed by atoms with Gasteiger partial charge in [-0.3, -0.25) is 9.59 Å². The Kier molecular flexibility index (Phi) is 16.0. The predicted molar refractivity (Wildman–Crippen MR) is 214 cm³/mol. The van der Waals surface area contributed by atoms with Crippen LogP contribution in [0.25, 0.3) is 0 Å². The fourth-order valence-corrected chi connectivity index (χ4v) is 12.6. The molecule has 4 saturated carbocycles. The molecule has 6 heteroatoms. The van der Waals surface area contributed by atoms with Crippen molar-refractivity contribution in [3.63, 3.8) is 0 Å². The fourth-order valence-electron chi connectivity index (χ4n) is 12.6. The van der Waals surface area contributed by atoms with E-state index in [0.29, 0.717) is 54.9 Å². The van der Waals surface area contributed by atoms with E-state index in [4.69, 9.17) is 0 Å². The molecule has 6 nitrogen and oxygen atoms in total. The number of carbonyl (C=O) groups excluding carboxylic acids is 2. The zero-order chi connectivity index (χ0) is 37.1. The molecule has 0 radical (unpaired) electrons. The number of aliphatic hydroxyl groups is 2. The lowest BCUT2D eigenvalue weighted by Crippen LogP contribution is -2.58. The van der Waals surface area contributed by atoms with Crippen molar-refractivity contribution in [2.45, 2.75) is 206 Å². The molecule has 5 aliphatic rings. The van der Waals surface area contributed by atoms with E-state index in [1.165, 1.54) is 96.3 Å². The van der Waals surface area contributed by atoms with Gasteiger partial charge in [-0.2, -0.15) is 0 Å². The molecule has 2 amide bonds. The van der Waals surface area contributed by atoms with Gasteiger partial charge in [0.05, 0.1) is 12.2 Å². The first-order valence-corrected chi connectivity index (χ1v) is 22.6. The normalized spacial score (nSPS) is 36.4. The number of aliphatic hydroxyl groups excluding tert-OH is 2. The standard InChI is InChI=1S/C46H80N2O4/c1-5-6-7-8-9-10-11-12-13-14-15-16-17-18-19-20-43(52)48-30-27-36(33-48)47-42(51)24-21-34(2)38-22-23-39-44-40(26-29-46(38,39)4)45(3)28-25-37(49)31-35(45)32-41(44)50/h12-13,34-41,44,49-50H,5-11,14-33H2,1-4H3,(H,47,51)/t34-,35+,36-,37-,38?,39+,40+,41-,44+,45+,46-/m1/s1. The smallest absolute Gasteiger partial charge is 0.222 e. The lowest BCUT2D eigenvalue weighted by molar-refractivity contribution is -0.174. The molecular weight excluding hydrogens is 645 g/mol. The fraction of sp³-hybridized carbons (Fsp3) is 0.913. The summed E-state index contributed by atoms with van der Waals surface area (Å²) in [5.41, 5.74) is 0.502. The lowest BCUT2D eigenvalue weighted by atomic mass is 9.43. The summed E-state index contributed by atoms with van der Waals surface area (Å²) in [6, 6.07) is 0.0865. The van der Waals surface area contributed by atoms with Gasteiger partial charge in [-0.25, -0.2) is 0 Å². The van der Waals surface area contributed by atoms with Crippen molar-refractivity contribution in [1.82, 2.24) is 10.2 Å². The molecule has 0 aromatic carbocycles. The molecular formula is C46H80N2O4. The van der Waals surface area contributed by atoms with Crippen LogP contribution < -0.4 is 5.32 Å². The minimum atomic E-state index is -0.238. The third kappa shape index (κ3) is 10.5. The zero-order valence-electron chi connectivity index (χ0n) is 34.1. The van der Waals surface area contributed by atoms with E-state index in [1.807, 2.05) is 4.90 Å². The summed E-state index contributed by atoms with van der Waals surface area (Å²) in [6.07, 6.45) is 32.4. The van der Waals surface area contributed by atoms with Crippen LogP contribution in [0.2, 0.25) is 0 Å². The first-order valence-electron chi connectivity index (χ1n) is 22.6. The van der Waals surface area contributed by atoms with Gasteiger partial charge in [0.1, 0.15) is 0 Å². The van der Waals surface area contributed by atoms with E-state index in [1.54, 1.807) is 0 Å². The second kappa shape index (κ2) is 20.0. The topological polar surface area (TPSA) is 89.9 Å². The first kappa shape index (κ1) is 41.8. The summed E-state index contributed by atoms with van der Waals surface area (Å²) in [6.45, 7) is 11.1. The van der Waals surface area contributed by atoms with Crippen LogP contribution in [0.5, 0.6) is 0 Å². The van der Waals surface area contributed by atoms with Crippen LogP contribution in [-0.2, 0) is 9.59 Å². The Labute approximate surface area is 319 Å². The second-order valence-corrected chi connectivity index (χ2v) is 19.2. The Morgan fingerprint density at radius 2 is 1.44 bits per heavy atom. The highest BCUT2D eigenvalue weighted by atomic mass is 16.3. The molecule has 1 heterocycles. The minimum Gasteiger partial charge on any atom is -0.393 e. The van der Waals surface area contributed by atoms with Crippen LogP contribution >= 0.6 is 0 Å². The molecule has 4 aliphatic carbocycles. The van der Waals surface area contributed by atoms with Gasteiger partial charge in [0.25, 0.3) is 0 Å². The Bertz CT molecular complexity index is 1140. The molecule has 1 saturated heterocycles. The summed E-state index contributed by atoms with van der Waals surface area (Å²) >= 11 is 0. The third-order valence-corrected chi connectivity index (χ3v) is 15.8. The van der Waals surface area contributed by atoms with E-state index in [-0.39, 0.29) is 40.9 Å². The number of nitrogens with zero attached hydrogens (tertiary/aromatic N) is 1. The summed E-state index contributed by atoms with van der Waals surface area (Å²) < 4.78 is 0. The van der Waals surface area contributed by atoms with E-state index >= 15 is 0 Å². The maximum Gasteiger partial charge on any atom is 0.222 e. The molecule has 1 unspecified atom stereocenters. The third-order valence-electron chi connectivity index (χ3n) is 15.8. The van der Waals surface area contributed by atoms with Gasteiger partial charge in [0.15, 0.2) is 0 Å². The van der Waals surface area contributed by atoms with Crippen LogP contribution in [0.3, 0.4) is 0 Å². The van der Waals surface area contributed by atoms with Crippen LogP contribution in [0, 0.1) is 46.3 Å². The number of unbranched alkanes of at least 4 members (excludes halogenated alkanes) is 11. The van der Waals surface area contributed by atoms with Gasteiger partial charge in [-0.1, -0.05) is 91.2 Å². The van der Waals surface area contributed by atoms with E-state index < -0.39 is 0 Å². The number of nitrogens with one attached hydrogen (secondary N) is 1. The molecule has 0 aromatic heterocycles. The number of likely N-dealkylation sites (tertiary alicyclic amines) is 1. The molecule has 5 rings (SSSR count). The predicted octanol–water partition coefficient (Wildman–Crippen LogP) is 10.1. The van der Waals surface area contributed by atoms with Crippen molar-refractivity contribution in [2.24, 2.45) is 46.3 Å². The Balaban J connectivity index is 0.934. The number of fused-ring (bicyclic) bond motifs is 5. The highest BCUT2D eigenvalue weighted by Crippen LogP contribution is 2.68. The molecule has 1 aliphatic heterocycles. The quantitative estimate of drug-likeness (QED) is 0.0862. The maximum absolute atomic E-state index is 13.1. The largest absolute Gasteiger partial charge is 0.393 e. The van der Waals surface area contributed by atoms with Crippen LogP contribution in [0.1, 0.15) is 188 Å². The molecule has 0 bridgehead atoms. The average molecular weight is 725 g/mol. The van der Waals surface area contributed by atoms with Crippen LogP contribution in [0.15, 0.2) is 12.2 Å². The number of carbonyl (C=O) groups is 2. The summed E-state index contributed by atoms with van der Waals surface area (Å²) in [4.78, 5) is 28.0. The summed E-state index contributed by atoms with van der Waals surface area (Å²) in [5.74, 6) is 3.48. The van der Waals surface area contributed by atoms with Crippen molar-refractivity contribution in [3.8, 4) is 0 Å². The number of hydrogen-bond donors (Lipinski definition) is 3. The van der Waals surface area contributed by atoms with Gasteiger partial charge in [-0.15, -0.1) is 0 Å². The van der Waals surface area contributed by atoms with Crippen molar-refractivity contribution < 1.29 is 19.8 Å². The van der Waals surface area contributed by atoms with Crippen molar-refractivity contribution in [3.05, 3.63) is 12.2 Å². The van der Waals surface area contributed by atoms with E-state index in [0.717, 1.165) is 57.9 Å². The van der Waals surface area contributed by atoms with Crippen LogP contribution in [0.4, 0.5) is 0 Å². The number of amides is 2. The van der Waals surface area contributed by atoms with Gasteiger partial charge in [0, 0.05) is 32.0 Å². The molecule has 3 N–H and O–H groups in total. The minimum absolute atomic E-state index is 0.0865. The monoisotopic (exact) mass is 725 g/mol. The van der Waals surface area contributed by atoms with Gasteiger partial charge in [0.2, 0.25) is 11.8 Å². The Morgan fingerprint density at radius 1 is 0.788 bits per heavy atom. The molecule has 298 valence electrons. The highest BCUT2D eigenvalue weighted by molar-refractivity contribution is 5.78. The maximum atomic E-state index is 13.1. The van der Waals surface area contributed by atoms with Crippen molar-refractivity contribution in [2.75, 3.05) is 13.1 Å². The summed E-state index contributed by atoms with van der Waals surface area (Å²) in [7, 11) is 0. The number of hydrogen-bond acceptors (Lipinski definition) is 4. The summed E-state index contributed by atoms with van der Waals surface area (Å²) in [5, 5.41) is 25.3. The highest BCUT2D eigenvalue weighted by Gasteiger charge is 2.62. The molecule has 5 fully saturated rings. The SMILES string of the molecule is CCCCCCCCC=CCCCCCCCC(=O)N1CC[C@@H](NC(=O)CC[C@@H](C)C2CC[C@H]3[C@@H]4[C@H](O)C[C@@H]5C[C@H](O)CC[C@]5(C)[C@H]4CC[C@]23C)C1. The van der Waals surface area contributed by atoms with E-state index in [2.05, 4.69) is 45.2 Å². The van der Waals surface area contributed by atoms with Crippen molar-refractivity contribution >= 4 is 11.8 Å². The Hall–Kier alpha value is -1.40. The van der Waals surface area contributed by atoms with E-state index in [9.17, 15) is 19.8 Å². The molecule has 52 heavy (non-hydrogen) atoms. The molecule has 0 spiro atoms. The van der Waals surface area contributed by atoms with Gasteiger partial charge in [-0.05, 0) is 143 Å². The average Bonchev–Trinajstić information content (AvgIpc) is 3.73.